The molecule has 3 aromatic rings. The summed E-state index contributed by atoms with van der Waals surface area (Å²) in [5.74, 6) is 1.29. The molecule has 0 unspecified atom stereocenters. The standard InChI is InChI=1S/C28H33N3O5S/c1-35-26-10-9-24(21-25(26)29-15-17-30(18-16-29)28(32)27-8-5-19-36-27)37(33,34)31-13-11-23(12-14-31)20-22-6-3-2-4-7-22/h2-10,19,21,23H,11-18,20H2,1H3. The van der Waals surface area contributed by atoms with E-state index < -0.39 is 10.0 Å². The van der Waals surface area contributed by atoms with Gasteiger partial charge in [0.1, 0.15) is 5.75 Å². The third kappa shape index (κ3) is 5.52. The van der Waals surface area contributed by atoms with Gasteiger partial charge in [-0.25, -0.2) is 8.42 Å². The lowest BCUT2D eigenvalue weighted by Gasteiger charge is -2.36. The molecule has 0 saturated carbocycles. The zero-order chi connectivity index (χ0) is 25.8. The van der Waals surface area contributed by atoms with Gasteiger partial charge in [-0.3, -0.25) is 4.79 Å². The van der Waals surface area contributed by atoms with Crippen LogP contribution in [0.25, 0.3) is 0 Å². The van der Waals surface area contributed by atoms with Gasteiger partial charge in [0.15, 0.2) is 5.76 Å². The van der Waals surface area contributed by atoms with Crippen LogP contribution in [-0.4, -0.2) is 69.9 Å². The number of furan rings is 1. The minimum atomic E-state index is -3.62. The molecule has 2 aromatic carbocycles. The molecule has 0 radical (unpaired) electrons. The minimum absolute atomic E-state index is 0.136. The molecule has 5 rings (SSSR count). The number of piperidine rings is 1. The number of piperazine rings is 1. The maximum atomic E-state index is 13.6. The van der Waals surface area contributed by atoms with Gasteiger partial charge in [-0.05, 0) is 61.1 Å². The molecule has 9 heteroatoms. The van der Waals surface area contributed by atoms with E-state index in [1.807, 2.05) is 18.2 Å². The van der Waals surface area contributed by atoms with Crippen LogP contribution in [-0.2, 0) is 16.4 Å². The highest BCUT2D eigenvalue weighted by Crippen LogP contribution is 2.34. The fraction of sp³-hybridized carbons (Fsp3) is 0.393. The van der Waals surface area contributed by atoms with Crippen LogP contribution in [0, 0.1) is 5.92 Å². The Balaban J connectivity index is 1.25. The molecule has 0 atom stereocenters. The van der Waals surface area contributed by atoms with E-state index in [1.54, 1.807) is 46.6 Å². The monoisotopic (exact) mass is 523 g/mol. The number of hydrogen-bond donors (Lipinski definition) is 0. The number of carbonyl (C=O) groups excluding carboxylic acids is 1. The summed E-state index contributed by atoms with van der Waals surface area (Å²) in [6.45, 7) is 3.20. The molecule has 2 fully saturated rings. The number of amides is 1. The third-order valence-electron chi connectivity index (χ3n) is 7.37. The Labute approximate surface area is 218 Å². The molecule has 8 nitrogen and oxygen atoms in total. The van der Waals surface area contributed by atoms with Crippen LogP contribution in [0.2, 0.25) is 0 Å². The Kier molecular flexibility index (Phi) is 7.53. The van der Waals surface area contributed by atoms with Crippen LogP contribution in [0.15, 0.2) is 76.2 Å². The van der Waals surface area contributed by atoms with Crippen molar-refractivity contribution in [2.75, 3.05) is 51.3 Å². The molecule has 2 aliphatic rings. The first kappa shape index (κ1) is 25.4. The topological polar surface area (TPSA) is 83.3 Å². The number of rotatable bonds is 7. The summed E-state index contributed by atoms with van der Waals surface area (Å²) < 4.78 is 39.6. The van der Waals surface area contributed by atoms with Crippen LogP contribution in [0.3, 0.4) is 0 Å². The first-order chi connectivity index (χ1) is 18.0. The van der Waals surface area contributed by atoms with Crippen molar-refractivity contribution in [2.45, 2.75) is 24.2 Å². The Hall–Kier alpha value is -3.30. The lowest BCUT2D eigenvalue weighted by atomic mass is 9.91. The van der Waals surface area contributed by atoms with Crippen molar-refractivity contribution in [3.63, 3.8) is 0 Å². The number of carbonyl (C=O) groups is 1. The fourth-order valence-corrected chi connectivity index (χ4v) is 6.72. The second kappa shape index (κ2) is 11.0. The van der Waals surface area contributed by atoms with Crippen molar-refractivity contribution >= 4 is 21.6 Å². The summed E-state index contributed by atoms with van der Waals surface area (Å²) in [7, 11) is -2.04. The summed E-state index contributed by atoms with van der Waals surface area (Å²) >= 11 is 0. The third-order valence-corrected chi connectivity index (χ3v) is 9.26. The lowest BCUT2D eigenvalue weighted by Crippen LogP contribution is -2.48. The zero-order valence-corrected chi connectivity index (χ0v) is 21.9. The summed E-state index contributed by atoms with van der Waals surface area (Å²) in [6, 6.07) is 18.8. The van der Waals surface area contributed by atoms with Gasteiger partial charge in [0.05, 0.1) is 24.0 Å². The van der Waals surface area contributed by atoms with Gasteiger partial charge in [-0.15, -0.1) is 0 Å². The Bertz CT molecular complexity index is 1290. The molecule has 1 amide bonds. The van der Waals surface area contributed by atoms with Gasteiger partial charge < -0.3 is 19.0 Å². The molecule has 0 aliphatic carbocycles. The van der Waals surface area contributed by atoms with E-state index in [2.05, 4.69) is 17.0 Å². The van der Waals surface area contributed by atoms with Crippen molar-refractivity contribution in [3.8, 4) is 5.75 Å². The van der Waals surface area contributed by atoms with Crippen LogP contribution in [0.5, 0.6) is 5.75 Å². The highest BCUT2D eigenvalue weighted by molar-refractivity contribution is 7.89. The number of hydrogen-bond acceptors (Lipinski definition) is 6. The molecule has 0 N–H and O–H groups in total. The van der Waals surface area contributed by atoms with E-state index in [0.29, 0.717) is 56.7 Å². The summed E-state index contributed by atoms with van der Waals surface area (Å²) in [6.07, 6.45) is 4.17. The second-order valence-corrected chi connectivity index (χ2v) is 11.6. The molecule has 0 spiro atoms. The van der Waals surface area contributed by atoms with Crippen molar-refractivity contribution in [1.82, 2.24) is 9.21 Å². The number of ether oxygens (including phenoxy) is 1. The number of nitrogens with zero attached hydrogens (tertiary/aromatic N) is 3. The maximum absolute atomic E-state index is 13.6. The predicted octanol–water partition coefficient (Wildman–Crippen LogP) is 3.89. The van der Waals surface area contributed by atoms with Gasteiger partial charge in [0.25, 0.3) is 5.91 Å². The molecular weight excluding hydrogens is 490 g/mol. The number of anilines is 1. The SMILES string of the molecule is COc1ccc(S(=O)(=O)N2CCC(Cc3ccccc3)CC2)cc1N1CCN(C(=O)c2ccco2)CC1. The minimum Gasteiger partial charge on any atom is -0.495 e. The molecule has 2 aliphatic heterocycles. The average Bonchev–Trinajstić information content (AvgIpc) is 3.48. The van der Waals surface area contributed by atoms with Crippen molar-refractivity contribution < 1.29 is 22.4 Å². The highest BCUT2D eigenvalue weighted by atomic mass is 32.2. The van der Waals surface area contributed by atoms with Crippen LogP contribution in [0.1, 0.15) is 29.0 Å². The number of methoxy groups -OCH3 is 1. The molecule has 1 aromatic heterocycles. The summed E-state index contributed by atoms with van der Waals surface area (Å²) in [5.41, 5.74) is 2.03. The van der Waals surface area contributed by atoms with E-state index in [0.717, 1.165) is 24.9 Å². The van der Waals surface area contributed by atoms with Crippen molar-refractivity contribution in [3.05, 3.63) is 78.3 Å². The van der Waals surface area contributed by atoms with E-state index >= 15 is 0 Å². The molecule has 37 heavy (non-hydrogen) atoms. The number of sulfonamides is 1. The van der Waals surface area contributed by atoms with Crippen LogP contribution >= 0.6 is 0 Å². The van der Waals surface area contributed by atoms with Gasteiger partial charge in [0.2, 0.25) is 10.0 Å². The Morgan fingerprint density at radius 1 is 0.946 bits per heavy atom. The molecule has 0 bridgehead atoms. The van der Waals surface area contributed by atoms with Gasteiger partial charge in [0, 0.05) is 39.3 Å². The van der Waals surface area contributed by atoms with E-state index in [4.69, 9.17) is 9.15 Å². The quantitative estimate of drug-likeness (QED) is 0.467. The lowest BCUT2D eigenvalue weighted by molar-refractivity contribution is 0.0714. The Morgan fingerprint density at radius 3 is 2.32 bits per heavy atom. The normalized spacial score (nSPS) is 17.6. The molecule has 3 heterocycles. The van der Waals surface area contributed by atoms with E-state index in [9.17, 15) is 13.2 Å². The molecule has 2 saturated heterocycles. The van der Waals surface area contributed by atoms with Crippen LogP contribution in [0.4, 0.5) is 5.69 Å². The second-order valence-electron chi connectivity index (χ2n) is 9.63. The van der Waals surface area contributed by atoms with Gasteiger partial charge in [-0.1, -0.05) is 30.3 Å². The Morgan fingerprint density at radius 2 is 1.68 bits per heavy atom. The van der Waals surface area contributed by atoms with E-state index in [1.165, 1.54) is 11.8 Å². The smallest absolute Gasteiger partial charge is 0.289 e. The first-order valence-electron chi connectivity index (χ1n) is 12.8. The van der Waals surface area contributed by atoms with Gasteiger partial charge in [-0.2, -0.15) is 4.31 Å². The fourth-order valence-electron chi connectivity index (χ4n) is 5.23. The molecule has 196 valence electrons. The zero-order valence-electron chi connectivity index (χ0n) is 21.1. The van der Waals surface area contributed by atoms with E-state index in [-0.39, 0.29) is 10.8 Å². The maximum Gasteiger partial charge on any atom is 0.289 e. The molecular formula is C28H33N3O5S. The number of benzene rings is 2. The average molecular weight is 524 g/mol. The summed E-state index contributed by atoms with van der Waals surface area (Å²) in [5, 5.41) is 0. The summed E-state index contributed by atoms with van der Waals surface area (Å²) in [4.78, 5) is 16.7. The van der Waals surface area contributed by atoms with Gasteiger partial charge >= 0.3 is 0 Å². The first-order valence-corrected chi connectivity index (χ1v) is 14.2. The van der Waals surface area contributed by atoms with Crippen LogP contribution < -0.4 is 9.64 Å². The highest BCUT2D eigenvalue weighted by Gasteiger charge is 2.31. The van der Waals surface area contributed by atoms with Crippen molar-refractivity contribution in [1.29, 1.82) is 0 Å². The predicted molar refractivity (Wildman–Crippen MR) is 141 cm³/mol. The largest absolute Gasteiger partial charge is 0.495 e. The van der Waals surface area contributed by atoms with Crippen molar-refractivity contribution in [2.24, 2.45) is 5.92 Å².